The highest BCUT2D eigenvalue weighted by Crippen LogP contribution is 2.15. The third-order valence-corrected chi connectivity index (χ3v) is 1.60. The Bertz CT molecular complexity index is 138. The fraction of sp³-hybridized carbons (Fsp3) is 0.143. The summed E-state index contributed by atoms with van der Waals surface area (Å²) in [5.74, 6) is 0. The van der Waals surface area contributed by atoms with Gasteiger partial charge in [0, 0.05) is 0 Å². The lowest BCUT2D eigenvalue weighted by Crippen LogP contribution is -1.70. The minimum absolute atomic E-state index is 1.30. The van der Waals surface area contributed by atoms with Crippen molar-refractivity contribution in [1.29, 1.82) is 0 Å². The molecule has 0 nitrogen and oxygen atoms in total. The fourth-order valence-electron chi connectivity index (χ4n) is 0.529. The molecule has 1 heteroatoms. The van der Waals surface area contributed by atoms with E-state index in [0.717, 1.165) is 0 Å². The average Bonchev–Trinajstić information content (AvgIpc) is 1.90. The Balaban J connectivity index is 2.69. The predicted octanol–water partition coefficient (Wildman–Crippen LogP) is 2.71. The van der Waals surface area contributed by atoms with E-state index in [1.54, 1.807) is 11.8 Å². The van der Waals surface area contributed by atoms with Gasteiger partial charge in [0.05, 0.1) is 0 Å². The molecule has 0 saturated heterocycles. The lowest BCUT2D eigenvalue weighted by Gasteiger charge is -1.94. The first kappa shape index (κ1) is 5.70. The minimum Gasteiger partial charge on any atom is -0.106 e. The largest absolute Gasteiger partial charge is 0.106 e. The van der Waals surface area contributed by atoms with E-state index >= 15 is 0 Å². The van der Waals surface area contributed by atoms with Gasteiger partial charge in [0.25, 0.3) is 0 Å². The summed E-state index contributed by atoms with van der Waals surface area (Å²) in [5.41, 5.74) is 1.30. The second kappa shape index (κ2) is 2.78. The molecule has 1 aliphatic heterocycles. The summed E-state index contributed by atoms with van der Waals surface area (Å²) in [7, 11) is 0. The highest BCUT2D eigenvalue weighted by atomic mass is 32.2. The van der Waals surface area contributed by atoms with Crippen LogP contribution in [0.5, 0.6) is 0 Å². The zero-order chi connectivity index (χ0) is 5.82. The first-order chi connectivity index (χ1) is 3.93. The van der Waals surface area contributed by atoms with Crippen LogP contribution in [0.2, 0.25) is 0 Å². The van der Waals surface area contributed by atoms with Crippen molar-refractivity contribution >= 4 is 11.8 Å². The third-order valence-electron chi connectivity index (χ3n) is 1.01. The quantitative estimate of drug-likeness (QED) is 0.478. The van der Waals surface area contributed by atoms with Gasteiger partial charge in [-0.05, 0) is 35.5 Å². The van der Waals surface area contributed by atoms with Gasteiger partial charge in [0.1, 0.15) is 0 Å². The molecule has 8 heavy (non-hydrogen) atoms. The molecular formula is C7H8S. The maximum atomic E-state index is 2.10. The van der Waals surface area contributed by atoms with Crippen LogP contribution in [0.4, 0.5) is 0 Å². The van der Waals surface area contributed by atoms with Gasteiger partial charge in [-0.15, -0.1) is 11.8 Å². The molecule has 0 N–H and O–H groups in total. The van der Waals surface area contributed by atoms with Crippen LogP contribution in [0, 0.1) is 0 Å². The zero-order valence-corrected chi connectivity index (χ0v) is 5.61. The number of thioether (sulfide) groups is 1. The number of allylic oxidation sites excluding steroid dienone is 4. The van der Waals surface area contributed by atoms with Gasteiger partial charge in [-0.2, -0.15) is 0 Å². The summed E-state index contributed by atoms with van der Waals surface area (Å²) < 4.78 is 0. The summed E-state index contributed by atoms with van der Waals surface area (Å²) in [5, 5.41) is 4.16. The van der Waals surface area contributed by atoms with Crippen molar-refractivity contribution in [1.82, 2.24) is 0 Å². The predicted molar refractivity (Wildman–Crippen MR) is 39.6 cm³/mol. The molecule has 0 amide bonds. The maximum Gasteiger partial charge on any atom is -0.0242 e. The van der Waals surface area contributed by atoms with E-state index in [1.807, 2.05) is 6.92 Å². The summed E-state index contributed by atoms with van der Waals surface area (Å²) >= 11 is 1.71. The van der Waals surface area contributed by atoms with Crippen LogP contribution in [0.25, 0.3) is 0 Å². The molecule has 1 rings (SSSR count). The van der Waals surface area contributed by atoms with Crippen LogP contribution in [-0.2, 0) is 0 Å². The highest BCUT2D eigenvalue weighted by molar-refractivity contribution is 8.04. The summed E-state index contributed by atoms with van der Waals surface area (Å²) in [4.78, 5) is 0. The molecule has 0 aromatic rings. The molecule has 42 valence electrons. The Labute approximate surface area is 54.0 Å². The van der Waals surface area contributed by atoms with E-state index in [9.17, 15) is 0 Å². The number of hydrogen-bond donors (Lipinski definition) is 0. The zero-order valence-electron chi connectivity index (χ0n) is 4.79. The Hall–Kier alpha value is -0.430. The van der Waals surface area contributed by atoms with Crippen molar-refractivity contribution in [3.8, 4) is 0 Å². The molecule has 0 radical (unpaired) electrons. The van der Waals surface area contributed by atoms with Crippen LogP contribution in [0.15, 0.2) is 34.6 Å². The van der Waals surface area contributed by atoms with E-state index in [0.29, 0.717) is 0 Å². The molecule has 0 aromatic heterocycles. The summed E-state index contributed by atoms with van der Waals surface area (Å²) in [6, 6.07) is 0. The number of rotatable bonds is 0. The van der Waals surface area contributed by atoms with E-state index in [2.05, 4.69) is 29.0 Å². The van der Waals surface area contributed by atoms with Crippen LogP contribution >= 0.6 is 11.8 Å². The first-order valence-electron chi connectivity index (χ1n) is 2.58. The van der Waals surface area contributed by atoms with Gasteiger partial charge in [-0.3, -0.25) is 0 Å². The first-order valence-corrected chi connectivity index (χ1v) is 3.52. The van der Waals surface area contributed by atoms with Gasteiger partial charge >= 0.3 is 0 Å². The van der Waals surface area contributed by atoms with Crippen molar-refractivity contribution in [2.24, 2.45) is 0 Å². The molecule has 0 aliphatic carbocycles. The molecular weight excluding hydrogens is 116 g/mol. The molecule has 0 saturated carbocycles. The van der Waals surface area contributed by atoms with Gasteiger partial charge in [-0.25, -0.2) is 0 Å². The molecule has 0 bridgehead atoms. The van der Waals surface area contributed by atoms with Crippen molar-refractivity contribution in [2.45, 2.75) is 6.92 Å². The molecule has 1 aliphatic rings. The maximum absolute atomic E-state index is 2.10. The molecule has 0 spiro atoms. The molecule has 0 atom stereocenters. The molecule has 1 heterocycles. The summed E-state index contributed by atoms with van der Waals surface area (Å²) in [6.07, 6.45) is 6.29. The second-order valence-corrected chi connectivity index (χ2v) is 2.35. The molecule has 0 aromatic carbocycles. The van der Waals surface area contributed by atoms with Gasteiger partial charge in [-0.1, -0.05) is 6.08 Å². The Morgan fingerprint density at radius 3 is 2.38 bits per heavy atom. The Kier molecular flexibility index (Phi) is 1.98. The SMILES string of the molecule is CC=C1C=CSC=C1. The van der Waals surface area contributed by atoms with E-state index < -0.39 is 0 Å². The lowest BCUT2D eigenvalue weighted by molar-refractivity contribution is 1.61. The van der Waals surface area contributed by atoms with Crippen molar-refractivity contribution in [2.75, 3.05) is 0 Å². The Morgan fingerprint density at radius 1 is 1.38 bits per heavy atom. The van der Waals surface area contributed by atoms with E-state index in [-0.39, 0.29) is 0 Å². The average molecular weight is 124 g/mol. The topological polar surface area (TPSA) is 0 Å². The van der Waals surface area contributed by atoms with E-state index in [1.165, 1.54) is 5.57 Å². The standard InChI is InChI=1S/C7H8S/c1-2-7-3-5-8-6-4-7/h2-6H,1H3. The van der Waals surface area contributed by atoms with Crippen LogP contribution in [0.1, 0.15) is 6.92 Å². The third kappa shape index (κ3) is 1.27. The van der Waals surface area contributed by atoms with E-state index in [4.69, 9.17) is 0 Å². The second-order valence-electron chi connectivity index (χ2n) is 1.53. The van der Waals surface area contributed by atoms with Crippen LogP contribution < -0.4 is 0 Å². The monoisotopic (exact) mass is 124 g/mol. The van der Waals surface area contributed by atoms with Crippen molar-refractivity contribution in [3.05, 3.63) is 34.6 Å². The molecule has 0 unspecified atom stereocenters. The highest BCUT2D eigenvalue weighted by Gasteiger charge is 1.85. The molecule has 0 fully saturated rings. The Morgan fingerprint density at radius 2 is 2.00 bits per heavy atom. The van der Waals surface area contributed by atoms with Crippen LogP contribution in [-0.4, -0.2) is 0 Å². The number of hydrogen-bond acceptors (Lipinski definition) is 1. The fourth-order valence-corrected chi connectivity index (χ4v) is 1.09. The smallest absolute Gasteiger partial charge is 0.0242 e. The normalized spacial score (nSPS) is 16.9. The lowest BCUT2D eigenvalue weighted by atomic mass is 10.2. The van der Waals surface area contributed by atoms with Gasteiger partial charge in [0.15, 0.2) is 0 Å². The van der Waals surface area contributed by atoms with Crippen LogP contribution in [0.3, 0.4) is 0 Å². The van der Waals surface area contributed by atoms with Crippen molar-refractivity contribution in [3.63, 3.8) is 0 Å². The van der Waals surface area contributed by atoms with Gasteiger partial charge in [0.2, 0.25) is 0 Å². The van der Waals surface area contributed by atoms with Crippen molar-refractivity contribution < 1.29 is 0 Å². The minimum atomic E-state index is 1.30. The van der Waals surface area contributed by atoms with Gasteiger partial charge < -0.3 is 0 Å². The summed E-state index contributed by atoms with van der Waals surface area (Å²) in [6.45, 7) is 2.04.